The van der Waals surface area contributed by atoms with Gasteiger partial charge in [0.05, 0.1) is 10.5 Å². The maximum atomic E-state index is 12.7. The van der Waals surface area contributed by atoms with Crippen LogP contribution in [0.2, 0.25) is 0 Å². The summed E-state index contributed by atoms with van der Waals surface area (Å²) < 4.78 is 43.2. The van der Waals surface area contributed by atoms with Gasteiger partial charge in [-0.3, -0.25) is 14.9 Å². The van der Waals surface area contributed by atoms with Crippen molar-refractivity contribution in [2.75, 3.05) is 11.9 Å². The van der Waals surface area contributed by atoms with E-state index in [-0.39, 0.29) is 17.7 Å². The number of nitrogens with zero attached hydrogens (tertiary/aromatic N) is 1. The number of hydrogen-bond donors (Lipinski definition) is 1. The normalized spacial score (nSPS) is 11.8. The summed E-state index contributed by atoms with van der Waals surface area (Å²) in [7, 11) is 0. The predicted octanol–water partition coefficient (Wildman–Crippen LogP) is 5.07. The Labute approximate surface area is 165 Å². The lowest BCUT2D eigenvalue weighted by atomic mass is 9.87. The lowest BCUT2D eigenvalue weighted by Gasteiger charge is -2.19. The second-order valence-corrected chi connectivity index (χ2v) is 7.45. The molecule has 0 aliphatic rings. The Bertz CT molecular complexity index is 888. The van der Waals surface area contributed by atoms with E-state index in [9.17, 15) is 28.1 Å². The molecule has 156 valence electrons. The molecule has 0 atom stereocenters. The summed E-state index contributed by atoms with van der Waals surface area (Å²) >= 11 is 0. The van der Waals surface area contributed by atoms with Crippen LogP contribution in [-0.2, 0) is 27.7 Å². The molecule has 0 fully saturated rings. The molecule has 29 heavy (non-hydrogen) atoms. The van der Waals surface area contributed by atoms with Crippen LogP contribution < -0.4 is 5.32 Å². The summed E-state index contributed by atoms with van der Waals surface area (Å²) in [5.74, 6) is -0.695. The van der Waals surface area contributed by atoms with E-state index in [0.29, 0.717) is 12.1 Å². The van der Waals surface area contributed by atoms with Crippen molar-refractivity contribution in [2.45, 2.75) is 39.0 Å². The maximum Gasteiger partial charge on any atom is 0.416 e. The number of benzene rings is 2. The molecule has 0 saturated heterocycles. The highest BCUT2D eigenvalue weighted by Crippen LogP contribution is 2.34. The van der Waals surface area contributed by atoms with Gasteiger partial charge in [0.2, 0.25) is 0 Å². The van der Waals surface area contributed by atoms with Crippen molar-refractivity contribution < 1.29 is 27.6 Å². The lowest BCUT2D eigenvalue weighted by molar-refractivity contribution is -0.384. The molecule has 0 unspecified atom stereocenters. The Balaban J connectivity index is 1.96. The third-order valence-corrected chi connectivity index (χ3v) is 4.16. The van der Waals surface area contributed by atoms with Crippen LogP contribution in [0.25, 0.3) is 0 Å². The summed E-state index contributed by atoms with van der Waals surface area (Å²) in [6.45, 7) is 5.82. The molecular formula is C20H21F3N2O4. The van der Waals surface area contributed by atoms with Crippen LogP contribution >= 0.6 is 0 Å². The number of ether oxygens (including phenoxy) is 1. The Kier molecular flexibility index (Phi) is 6.51. The number of nitro groups is 1. The topological polar surface area (TPSA) is 81.5 Å². The molecular weight excluding hydrogens is 389 g/mol. The van der Waals surface area contributed by atoms with E-state index in [1.807, 2.05) is 24.3 Å². The number of esters is 1. The fourth-order valence-corrected chi connectivity index (χ4v) is 2.49. The van der Waals surface area contributed by atoms with Gasteiger partial charge in [-0.25, -0.2) is 0 Å². The molecule has 6 nitrogen and oxygen atoms in total. The van der Waals surface area contributed by atoms with Crippen molar-refractivity contribution in [3.63, 3.8) is 0 Å². The molecule has 0 aromatic heterocycles. The molecule has 0 saturated carbocycles. The van der Waals surface area contributed by atoms with Crippen LogP contribution in [0, 0.1) is 10.1 Å². The first-order valence-corrected chi connectivity index (χ1v) is 8.72. The Morgan fingerprint density at radius 3 is 2.17 bits per heavy atom. The molecule has 0 bridgehead atoms. The zero-order valence-electron chi connectivity index (χ0n) is 16.2. The van der Waals surface area contributed by atoms with Crippen molar-refractivity contribution in [1.82, 2.24) is 0 Å². The average molecular weight is 410 g/mol. The van der Waals surface area contributed by atoms with Gasteiger partial charge in [0.1, 0.15) is 18.8 Å². The molecule has 9 heteroatoms. The monoisotopic (exact) mass is 410 g/mol. The van der Waals surface area contributed by atoms with Gasteiger partial charge in [-0.1, -0.05) is 45.0 Å². The Hall–Kier alpha value is -3.10. The van der Waals surface area contributed by atoms with Gasteiger partial charge in [-0.05, 0) is 28.7 Å². The number of nitro benzene ring substituents is 1. The zero-order chi connectivity index (χ0) is 21.8. The summed E-state index contributed by atoms with van der Waals surface area (Å²) in [6.07, 6.45) is -4.70. The minimum atomic E-state index is -4.70. The molecule has 2 aromatic rings. The highest BCUT2D eigenvalue weighted by atomic mass is 19.4. The second kappa shape index (κ2) is 8.50. The quantitative estimate of drug-likeness (QED) is 0.409. The first kappa shape index (κ1) is 22.2. The van der Waals surface area contributed by atoms with Gasteiger partial charge in [-0.15, -0.1) is 0 Å². The SMILES string of the molecule is CC(C)(C)c1ccc(COC(=O)CNc2ccc(C(F)(F)F)cc2[N+](=O)[O-])cc1. The highest BCUT2D eigenvalue weighted by molar-refractivity contribution is 5.76. The number of carbonyl (C=O) groups is 1. The van der Waals surface area contributed by atoms with Crippen LogP contribution in [0.3, 0.4) is 0 Å². The van der Waals surface area contributed by atoms with E-state index < -0.39 is 34.9 Å². The van der Waals surface area contributed by atoms with Gasteiger partial charge in [0.25, 0.3) is 5.69 Å². The van der Waals surface area contributed by atoms with E-state index in [1.54, 1.807) is 0 Å². The van der Waals surface area contributed by atoms with Gasteiger partial charge in [0, 0.05) is 6.07 Å². The van der Waals surface area contributed by atoms with Crippen molar-refractivity contribution in [2.24, 2.45) is 0 Å². The second-order valence-electron chi connectivity index (χ2n) is 7.45. The predicted molar refractivity (Wildman–Crippen MR) is 102 cm³/mol. The van der Waals surface area contributed by atoms with Gasteiger partial charge < -0.3 is 10.1 Å². The summed E-state index contributed by atoms with van der Waals surface area (Å²) in [6, 6.07) is 9.59. The summed E-state index contributed by atoms with van der Waals surface area (Å²) in [4.78, 5) is 22.0. The number of rotatable bonds is 6. The highest BCUT2D eigenvalue weighted by Gasteiger charge is 2.33. The van der Waals surface area contributed by atoms with Gasteiger partial charge in [0.15, 0.2) is 0 Å². The third-order valence-electron chi connectivity index (χ3n) is 4.16. The first-order valence-electron chi connectivity index (χ1n) is 8.72. The molecule has 2 aromatic carbocycles. The van der Waals surface area contributed by atoms with Gasteiger partial charge >= 0.3 is 12.1 Å². The number of anilines is 1. The third kappa shape index (κ3) is 6.20. The first-order chi connectivity index (χ1) is 13.4. The fourth-order valence-electron chi connectivity index (χ4n) is 2.49. The molecule has 2 rings (SSSR count). The molecule has 0 spiro atoms. The van der Waals surface area contributed by atoms with E-state index in [1.165, 1.54) is 0 Å². The van der Waals surface area contributed by atoms with Gasteiger partial charge in [-0.2, -0.15) is 13.2 Å². The smallest absolute Gasteiger partial charge is 0.416 e. The lowest BCUT2D eigenvalue weighted by Crippen LogP contribution is -2.18. The van der Waals surface area contributed by atoms with Crippen LogP contribution in [0.1, 0.15) is 37.5 Å². The van der Waals surface area contributed by atoms with Crippen molar-refractivity contribution in [3.8, 4) is 0 Å². The number of halogens is 3. The number of hydrogen-bond acceptors (Lipinski definition) is 5. The molecule has 1 N–H and O–H groups in total. The van der Waals surface area contributed by atoms with Crippen LogP contribution in [0.5, 0.6) is 0 Å². The minimum absolute atomic E-state index is 0.00446. The van der Waals surface area contributed by atoms with Crippen LogP contribution in [0.15, 0.2) is 42.5 Å². The molecule has 0 amide bonds. The number of alkyl halides is 3. The Morgan fingerprint density at radius 2 is 1.66 bits per heavy atom. The van der Waals surface area contributed by atoms with E-state index in [2.05, 4.69) is 26.1 Å². The van der Waals surface area contributed by atoms with Crippen LogP contribution in [-0.4, -0.2) is 17.4 Å². The maximum absolute atomic E-state index is 12.7. The fraction of sp³-hybridized carbons (Fsp3) is 0.350. The molecule has 0 heterocycles. The Morgan fingerprint density at radius 1 is 1.07 bits per heavy atom. The standard InChI is InChI=1S/C20H21F3N2O4/c1-19(2,3)14-6-4-13(5-7-14)12-29-18(26)11-24-16-9-8-15(20(21,22)23)10-17(16)25(27)28/h4-10,24H,11-12H2,1-3H3. The average Bonchev–Trinajstić information content (AvgIpc) is 2.63. The molecule has 0 aliphatic carbocycles. The van der Waals surface area contributed by atoms with Crippen molar-refractivity contribution in [3.05, 3.63) is 69.3 Å². The van der Waals surface area contributed by atoms with Crippen molar-refractivity contribution >= 4 is 17.3 Å². The zero-order valence-corrected chi connectivity index (χ0v) is 16.2. The largest absolute Gasteiger partial charge is 0.460 e. The molecule has 0 aliphatic heterocycles. The number of carbonyl (C=O) groups excluding carboxylic acids is 1. The van der Waals surface area contributed by atoms with E-state index >= 15 is 0 Å². The number of nitrogens with one attached hydrogen (secondary N) is 1. The van der Waals surface area contributed by atoms with Crippen molar-refractivity contribution in [1.29, 1.82) is 0 Å². The molecule has 0 radical (unpaired) electrons. The summed E-state index contributed by atoms with van der Waals surface area (Å²) in [5.41, 5.74) is -0.221. The van der Waals surface area contributed by atoms with Crippen LogP contribution in [0.4, 0.5) is 24.5 Å². The minimum Gasteiger partial charge on any atom is -0.460 e. The summed E-state index contributed by atoms with van der Waals surface area (Å²) in [5, 5.41) is 13.5. The van der Waals surface area contributed by atoms with E-state index in [4.69, 9.17) is 4.74 Å². The van der Waals surface area contributed by atoms with E-state index in [0.717, 1.165) is 17.2 Å².